The zero-order valence-corrected chi connectivity index (χ0v) is 18.5. The normalized spacial score (nSPS) is 10.9. The molecule has 0 saturated carbocycles. The van der Waals surface area contributed by atoms with Gasteiger partial charge in [0.15, 0.2) is 17.2 Å². The Bertz CT molecular complexity index is 1450. The summed E-state index contributed by atoms with van der Waals surface area (Å²) in [6.07, 6.45) is 0. The number of nitriles is 1. The molecule has 0 bridgehead atoms. The third kappa shape index (κ3) is 4.08. The maximum absolute atomic E-state index is 14.2. The van der Waals surface area contributed by atoms with Crippen LogP contribution in [0, 0.1) is 17.1 Å². The highest BCUT2D eigenvalue weighted by molar-refractivity contribution is 5.93. The Kier molecular flexibility index (Phi) is 5.70. The fraction of sp³-hybridized carbons (Fsp3) is 0.217. The van der Waals surface area contributed by atoms with Crippen molar-refractivity contribution in [2.24, 2.45) is 7.05 Å². The average molecular weight is 447 g/mol. The molecular weight excluding hydrogens is 425 g/mol. The van der Waals surface area contributed by atoms with Gasteiger partial charge in [-0.1, -0.05) is 26.0 Å². The molecule has 0 atom stereocenters. The summed E-state index contributed by atoms with van der Waals surface area (Å²) in [6.45, 7) is 3.98. The lowest BCUT2D eigenvalue weighted by Gasteiger charge is -2.14. The van der Waals surface area contributed by atoms with E-state index in [1.807, 2.05) is 19.9 Å². The molecular formula is C23H22FN7O2. The number of aryl methyl sites for hydroxylation is 1. The zero-order valence-electron chi connectivity index (χ0n) is 18.5. The van der Waals surface area contributed by atoms with E-state index < -0.39 is 5.82 Å². The molecule has 3 aromatic heterocycles. The van der Waals surface area contributed by atoms with E-state index in [2.05, 4.69) is 31.8 Å². The van der Waals surface area contributed by atoms with Crippen LogP contribution in [0.15, 0.2) is 41.2 Å². The Labute approximate surface area is 188 Å². The Balaban J connectivity index is 1.80. The molecule has 0 radical (unpaired) electrons. The summed E-state index contributed by atoms with van der Waals surface area (Å²) in [5, 5.41) is 18.8. The standard InChI is InChI=1S/C23H22FN7O2/c1-12(2)13-8-9-18(27-17(13)11-25)28-19-10-16(20-22(29-19)30-31(3)23(20)32)26-15-7-5-6-14(24)21(15)33-4/h5-10,12H,1-4H3,(H3,26,27,28,29,30). The number of methoxy groups -OCH3 is 1. The number of nitrogens with one attached hydrogen (secondary N) is 3. The van der Waals surface area contributed by atoms with Gasteiger partial charge in [-0.2, -0.15) is 5.26 Å². The van der Waals surface area contributed by atoms with E-state index in [0.29, 0.717) is 39.7 Å². The SMILES string of the molecule is COc1c(F)cccc1Nc1cc(Nc2ccc(C(C)C)c(C#N)n2)nc2[nH]n(C)c(=O)c12. The first-order valence-electron chi connectivity index (χ1n) is 10.2. The van der Waals surface area contributed by atoms with Crippen molar-refractivity contribution in [3.8, 4) is 11.8 Å². The second-order valence-electron chi connectivity index (χ2n) is 7.73. The lowest BCUT2D eigenvalue weighted by atomic mass is 10.0. The first-order chi connectivity index (χ1) is 15.8. The quantitative estimate of drug-likeness (QED) is 0.403. The molecule has 0 spiro atoms. The smallest absolute Gasteiger partial charge is 0.277 e. The molecule has 1 aromatic carbocycles. The number of ether oxygens (including phenoxy) is 1. The van der Waals surface area contributed by atoms with E-state index in [4.69, 9.17) is 4.74 Å². The molecule has 0 aliphatic carbocycles. The van der Waals surface area contributed by atoms with Gasteiger partial charge in [-0.25, -0.2) is 14.4 Å². The molecule has 0 aliphatic heterocycles. The third-order valence-electron chi connectivity index (χ3n) is 5.16. The number of rotatable bonds is 6. The number of fused-ring (bicyclic) bond motifs is 1. The largest absolute Gasteiger partial charge is 0.492 e. The maximum atomic E-state index is 14.2. The summed E-state index contributed by atoms with van der Waals surface area (Å²) in [7, 11) is 2.95. The molecule has 0 saturated heterocycles. The Morgan fingerprint density at radius 3 is 2.64 bits per heavy atom. The number of para-hydroxylation sites is 1. The molecule has 0 amide bonds. The van der Waals surface area contributed by atoms with Crippen LogP contribution in [0.2, 0.25) is 0 Å². The van der Waals surface area contributed by atoms with Crippen molar-refractivity contribution in [1.82, 2.24) is 19.7 Å². The number of pyridine rings is 2. The number of hydrogen-bond acceptors (Lipinski definition) is 7. The molecule has 0 unspecified atom stereocenters. The van der Waals surface area contributed by atoms with E-state index in [9.17, 15) is 14.4 Å². The van der Waals surface area contributed by atoms with Crippen LogP contribution in [0.4, 0.5) is 27.4 Å². The molecule has 3 heterocycles. The van der Waals surface area contributed by atoms with Crippen molar-refractivity contribution in [2.45, 2.75) is 19.8 Å². The first-order valence-corrected chi connectivity index (χ1v) is 10.2. The van der Waals surface area contributed by atoms with Crippen molar-refractivity contribution in [3.63, 3.8) is 0 Å². The van der Waals surface area contributed by atoms with Crippen LogP contribution >= 0.6 is 0 Å². The Morgan fingerprint density at radius 1 is 1.15 bits per heavy atom. The lowest BCUT2D eigenvalue weighted by molar-refractivity contribution is 0.388. The van der Waals surface area contributed by atoms with Crippen molar-refractivity contribution in [1.29, 1.82) is 5.26 Å². The van der Waals surface area contributed by atoms with E-state index in [1.165, 1.54) is 23.9 Å². The molecule has 10 heteroatoms. The fourth-order valence-corrected chi connectivity index (χ4v) is 3.57. The van der Waals surface area contributed by atoms with Gasteiger partial charge < -0.3 is 15.4 Å². The molecule has 3 N–H and O–H groups in total. The van der Waals surface area contributed by atoms with Gasteiger partial charge in [0.2, 0.25) is 0 Å². The molecule has 0 fully saturated rings. The number of aromatic amines is 1. The summed E-state index contributed by atoms with van der Waals surface area (Å²) in [6, 6.07) is 11.8. The zero-order chi connectivity index (χ0) is 23.7. The molecule has 4 aromatic rings. The van der Waals surface area contributed by atoms with E-state index >= 15 is 0 Å². The molecule has 9 nitrogen and oxygen atoms in total. The highest BCUT2D eigenvalue weighted by Gasteiger charge is 2.17. The van der Waals surface area contributed by atoms with Crippen molar-refractivity contribution < 1.29 is 9.13 Å². The third-order valence-corrected chi connectivity index (χ3v) is 5.16. The van der Waals surface area contributed by atoms with E-state index in [0.717, 1.165) is 5.56 Å². The second kappa shape index (κ2) is 8.63. The van der Waals surface area contributed by atoms with Crippen LogP contribution in [-0.2, 0) is 7.05 Å². The maximum Gasteiger partial charge on any atom is 0.277 e. The number of benzene rings is 1. The average Bonchev–Trinajstić information content (AvgIpc) is 3.07. The number of H-pyrrole nitrogens is 1. The van der Waals surface area contributed by atoms with Crippen LogP contribution in [0.3, 0.4) is 0 Å². The minimum absolute atomic E-state index is 0.0222. The van der Waals surface area contributed by atoms with Crippen LogP contribution in [0.25, 0.3) is 11.0 Å². The summed E-state index contributed by atoms with van der Waals surface area (Å²) in [4.78, 5) is 21.5. The van der Waals surface area contributed by atoms with E-state index in [1.54, 1.807) is 25.2 Å². The monoisotopic (exact) mass is 447 g/mol. The van der Waals surface area contributed by atoms with Gasteiger partial charge in [0.1, 0.15) is 28.8 Å². The van der Waals surface area contributed by atoms with Crippen LogP contribution in [0.1, 0.15) is 31.0 Å². The van der Waals surface area contributed by atoms with Gasteiger partial charge in [0.05, 0.1) is 18.5 Å². The summed E-state index contributed by atoms with van der Waals surface area (Å²) in [5.41, 5.74) is 1.95. The van der Waals surface area contributed by atoms with Gasteiger partial charge in [-0.3, -0.25) is 14.6 Å². The van der Waals surface area contributed by atoms with Gasteiger partial charge in [0.25, 0.3) is 5.56 Å². The number of aromatic nitrogens is 4. The number of hydrogen-bond donors (Lipinski definition) is 3. The van der Waals surface area contributed by atoms with Crippen molar-refractivity contribution in [3.05, 3.63) is 63.8 Å². The number of halogens is 1. The Hall–Kier alpha value is -4.39. The minimum Gasteiger partial charge on any atom is -0.492 e. The van der Waals surface area contributed by atoms with Gasteiger partial charge in [-0.05, 0) is 29.7 Å². The Morgan fingerprint density at radius 2 is 1.94 bits per heavy atom. The van der Waals surface area contributed by atoms with Gasteiger partial charge in [-0.15, -0.1) is 0 Å². The highest BCUT2D eigenvalue weighted by Crippen LogP contribution is 2.33. The fourth-order valence-electron chi connectivity index (χ4n) is 3.57. The molecule has 0 aliphatic rings. The van der Waals surface area contributed by atoms with Crippen LogP contribution in [0.5, 0.6) is 5.75 Å². The summed E-state index contributed by atoms with van der Waals surface area (Å²) in [5.74, 6) is 0.439. The van der Waals surface area contributed by atoms with Crippen molar-refractivity contribution in [2.75, 3.05) is 17.7 Å². The van der Waals surface area contributed by atoms with Crippen molar-refractivity contribution >= 4 is 34.0 Å². The lowest BCUT2D eigenvalue weighted by Crippen LogP contribution is -2.12. The minimum atomic E-state index is -0.536. The highest BCUT2D eigenvalue weighted by atomic mass is 19.1. The predicted molar refractivity (Wildman–Crippen MR) is 124 cm³/mol. The first kappa shape index (κ1) is 21.8. The van der Waals surface area contributed by atoms with E-state index in [-0.39, 0.29) is 17.2 Å². The molecule has 168 valence electrons. The summed E-state index contributed by atoms with van der Waals surface area (Å²) < 4.78 is 20.7. The number of anilines is 4. The van der Waals surface area contributed by atoms with Gasteiger partial charge >= 0.3 is 0 Å². The molecule has 33 heavy (non-hydrogen) atoms. The second-order valence-corrected chi connectivity index (χ2v) is 7.73. The predicted octanol–water partition coefficient (Wildman–Crippen LogP) is 4.29. The van der Waals surface area contributed by atoms with Crippen LogP contribution < -0.4 is 20.9 Å². The summed E-state index contributed by atoms with van der Waals surface area (Å²) >= 11 is 0. The topological polar surface area (TPSA) is 121 Å². The van der Waals surface area contributed by atoms with Gasteiger partial charge in [0, 0.05) is 13.1 Å². The number of nitrogens with zero attached hydrogens (tertiary/aromatic N) is 4. The molecule has 4 rings (SSSR count). The van der Waals surface area contributed by atoms with Crippen LogP contribution in [-0.4, -0.2) is 26.9 Å².